The monoisotopic (exact) mass is 269 g/mol. The van der Waals surface area contributed by atoms with Gasteiger partial charge < -0.3 is 5.32 Å². The lowest BCUT2D eigenvalue weighted by atomic mass is 9.78. The summed E-state index contributed by atoms with van der Waals surface area (Å²) in [4.78, 5) is 0. The molecular weight excluding hydrogens is 246 g/mol. The SMILES string of the molecule is CC1CCCC(Nc2cccc(-c3ccn[nH]3)c2)C1C. The maximum atomic E-state index is 4.02. The van der Waals surface area contributed by atoms with Gasteiger partial charge in [0.15, 0.2) is 0 Å². The van der Waals surface area contributed by atoms with Crippen LogP contribution in [0.2, 0.25) is 0 Å². The third-order valence-electron chi connectivity index (χ3n) is 4.73. The Balaban J connectivity index is 1.76. The highest BCUT2D eigenvalue weighted by molar-refractivity contribution is 5.64. The number of aromatic amines is 1. The molecule has 3 rings (SSSR count). The van der Waals surface area contributed by atoms with Crippen molar-refractivity contribution in [3.05, 3.63) is 36.5 Å². The average molecular weight is 269 g/mol. The van der Waals surface area contributed by atoms with Gasteiger partial charge in [0.05, 0.1) is 5.69 Å². The van der Waals surface area contributed by atoms with Crippen LogP contribution in [-0.4, -0.2) is 16.2 Å². The fraction of sp³-hybridized carbons (Fsp3) is 0.471. The van der Waals surface area contributed by atoms with E-state index in [-0.39, 0.29) is 0 Å². The van der Waals surface area contributed by atoms with Crippen molar-refractivity contribution in [1.29, 1.82) is 0 Å². The van der Waals surface area contributed by atoms with Crippen molar-refractivity contribution in [2.45, 2.75) is 39.2 Å². The van der Waals surface area contributed by atoms with Gasteiger partial charge in [0, 0.05) is 23.5 Å². The first-order chi connectivity index (χ1) is 9.74. The van der Waals surface area contributed by atoms with Crippen molar-refractivity contribution in [2.75, 3.05) is 5.32 Å². The molecule has 3 atom stereocenters. The van der Waals surface area contributed by atoms with Gasteiger partial charge in [-0.15, -0.1) is 0 Å². The summed E-state index contributed by atoms with van der Waals surface area (Å²) in [5.41, 5.74) is 3.46. The third-order valence-corrected chi connectivity index (χ3v) is 4.73. The van der Waals surface area contributed by atoms with Crippen LogP contribution in [0.3, 0.4) is 0 Å². The van der Waals surface area contributed by atoms with Gasteiger partial charge in [0.2, 0.25) is 0 Å². The van der Waals surface area contributed by atoms with Crippen LogP contribution in [0.5, 0.6) is 0 Å². The fourth-order valence-electron chi connectivity index (χ4n) is 3.19. The molecule has 3 nitrogen and oxygen atoms in total. The van der Waals surface area contributed by atoms with Crippen molar-refractivity contribution in [1.82, 2.24) is 10.2 Å². The van der Waals surface area contributed by atoms with E-state index in [9.17, 15) is 0 Å². The Labute approximate surface area is 120 Å². The molecule has 3 unspecified atom stereocenters. The van der Waals surface area contributed by atoms with Crippen LogP contribution in [0.25, 0.3) is 11.3 Å². The minimum atomic E-state index is 0.593. The molecule has 0 spiro atoms. The summed E-state index contributed by atoms with van der Waals surface area (Å²) in [6.45, 7) is 4.75. The molecule has 0 bridgehead atoms. The molecule has 1 heterocycles. The summed E-state index contributed by atoms with van der Waals surface area (Å²) >= 11 is 0. The third kappa shape index (κ3) is 2.72. The molecule has 3 heteroatoms. The van der Waals surface area contributed by atoms with E-state index in [4.69, 9.17) is 0 Å². The molecule has 0 aliphatic heterocycles. The molecule has 1 fully saturated rings. The van der Waals surface area contributed by atoms with E-state index in [1.54, 1.807) is 6.20 Å². The second-order valence-corrected chi connectivity index (χ2v) is 6.07. The first kappa shape index (κ1) is 13.2. The van der Waals surface area contributed by atoms with Gasteiger partial charge in [-0.05, 0) is 36.5 Å². The molecule has 0 saturated heterocycles. The number of anilines is 1. The van der Waals surface area contributed by atoms with Crippen LogP contribution in [0, 0.1) is 11.8 Å². The van der Waals surface area contributed by atoms with E-state index >= 15 is 0 Å². The van der Waals surface area contributed by atoms with Gasteiger partial charge in [-0.1, -0.05) is 38.8 Å². The molecule has 2 aromatic rings. The van der Waals surface area contributed by atoms with Gasteiger partial charge in [0.1, 0.15) is 0 Å². The van der Waals surface area contributed by atoms with Crippen molar-refractivity contribution in [3.63, 3.8) is 0 Å². The molecule has 1 aromatic heterocycles. The molecule has 1 aliphatic carbocycles. The van der Waals surface area contributed by atoms with Gasteiger partial charge in [-0.2, -0.15) is 5.10 Å². The molecule has 1 saturated carbocycles. The van der Waals surface area contributed by atoms with Crippen molar-refractivity contribution in [3.8, 4) is 11.3 Å². The van der Waals surface area contributed by atoms with Crippen LogP contribution in [0.1, 0.15) is 33.1 Å². The zero-order valence-electron chi connectivity index (χ0n) is 12.3. The number of benzene rings is 1. The van der Waals surface area contributed by atoms with Crippen LogP contribution in [0.15, 0.2) is 36.5 Å². The lowest BCUT2D eigenvalue weighted by Crippen LogP contribution is -2.34. The van der Waals surface area contributed by atoms with Crippen LogP contribution in [-0.2, 0) is 0 Å². The predicted molar refractivity (Wildman–Crippen MR) is 83.6 cm³/mol. The quantitative estimate of drug-likeness (QED) is 0.871. The number of nitrogens with zero attached hydrogens (tertiary/aromatic N) is 1. The second kappa shape index (κ2) is 5.70. The van der Waals surface area contributed by atoms with Gasteiger partial charge in [0.25, 0.3) is 0 Å². The van der Waals surface area contributed by atoms with Crippen LogP contribution in [0.4, 0.5) is 5.69 Å². The Morgan fingerprint density at radius 3 is 2.90 bits per heavy atom. The average Bonchev–Trinajstić information content (AvgIpc) is 2.98. The fourth-order valence-corrected chi connectivity index (χ4v) is 3.19. The minimum Gasteiger partial charge on any atom is -0.382 e. The number of rotatable bonds is 3. The Morgan fingerprint density at radius 1 is 1.20 bits per heavy atom. The lowest BCUT2D eigenvalue weighted by Gasteiger charge is -2.35. The molecular formula is C17H23N3. The zero-order valence-corrected chi connectivity index (χ0v) is 12.3. The van der Waals surface area contributed by atoms with E-state index in [2.05, 4.69) is 53.6 Å². The largest absolute Gasteiger partial charge is 0.382 e. The number of aromatic nitrogens is 2. The zero-order chi connectivity index (χ0) is 13.9. The summed E-state index contributed by atoms with van der Waals surface area (Å²) in [5, 5.41) is 10.8. The van der Waals surface area contributed by atoms with E-state index in [0.717, 1.165) is 17.5 Å². The van der Waals surface area contributed by atoms with E-state index in [1.807, 2.05) is 6.07 Å². The summed E-state index contributed by atoms with van der Waals surface area (Å²) < 4.78 is 0. The predicted octanol–water partition coefficient (Wildman–Crippen LogP) is 4.31. The van der Waals surface area contributed by atoms with E-state index in [0.29, 0.717) is 6.04 Å². The van der Waals surface area contributed by atoms with Crippen molar-refractivity contribution >= 4 is 5.69 Å². The summed E-state index contributed by atoms with van der Waals surface area (Å²) in [7, 11) is 0. The molecule has 0 amide bonds. The first-order valence-corrected chi connectivity index (χ1v) is 7.60. The van der Waals surface area contributed by atoms with Gasteiger partial charge in [-0.3, -0.25) is 5.10 Å². The summed E-state index contributed by atoms with van der Waals surface area (Å²) in [6.07, 6.45) is 5.77. The smallest absolute Gasteiger partial charge is 0.0650 e. The van der Waals surface area contributed by atoms with Crippen molar-refractivity contribution < 1.29 is 0 Å². The highest BCUT2D eigenvalue weighted by Crippen LogP contribution is 2.32. The normalized spacial score (nSPS) is 26.4. The standard InChI is InChI=1S/C17H23N3/c1-12-5-3-8-16(13(12)2)19-15-7-4-6-14(11-15)17-9-10-18-20-17/h4,6-7,9-13,16,19H,3,5,8H2,1-2H3,(H,18,20). The van der Waals surface area contributed by atoms with Gasteiger partial charge >= 0.3 is 0 Å². The number of nitrogens with one attached hydrogen (secondary N) is 2. The molecule has 0 radical (unpaired) electrons. The lowest BCUT2D eigenvalue weighted by molar-refractivity contribution is 0.253. The Morgan fingerprint density at radius 2 is 2.10 bits per heavy atom. The minimum absolute atomic E-state index is 0.593. The van der Waals surface area contributed by atoms with Crippen molar-refractivity contribution in [2.24, 2.45) is 11.8 Å². The van der Waals surface area contributed by atoms with E-state index < -0.39 is 0 Å². The molecule has 1 aromatic carbocycles. The maximum absolute atomic E-state index is 4.02. The maximum Gasteiger partial charge on any atom is 0.0650 e. The molecule has 106 valence electrons. The molecule has 1 aliphatic rings. The first-order valence-electron chi connectivity index (χ1n) is 7.60. The summed E-state index contributed by atoms with van der Waals surface area (Å²) in [6, 6.07) is 11.2. The van der Waals surface area contributed by atoms with Crippen LogP contribution >= 0.6 is 0 Å². The van der Waals surface area contributed by atoms with Gasteiger partial charge in [-0.25, -0.2) is 0 Å². The number of hydrogen-bond donors (Lipinski definition) is 2. The highest BCUT2D eigenvalue weighted by Gasteiger charge is 2.26. The Kier molecular flexibility index (Phi) is 3.77. The highest BCUT2D eigenvalue weighted by atomic mass is 15.1. The Bertz CT molecular complexity index is 547. The summed E-state index contributed by atoms with van der Waals surface area (Å²) in [5.74, 6) is 1.55. The van der Waals surface area contributed by atoms with Crippen LogP contribution < -0.4 is 5.32 Å². The second-order valence-electron chi connectivity index (χ2n) is 6.07. The molecule has 2 N–H and O–H groups in total. The number of H-pyrrole nitrogens is 1. The van der Waals surface area contributed by atoms with E-state index in [1.165, 1.54) is 30.5 Å². The number of hydrogen-bond acceptors (Lipinski definition) is 2. The Hall–Kier alpha value is -1.77. The molecule has 20 heavy (non-hydrogen) atoms. The topological polar surface area (TPSA) is 40.7 Å².